The molecule has 0 atom stereocenters. The van der Waals surface area contributed by atoms with Crippen molar-refractivity contribution in [2.24, 2.45) is 0 Å². The summed E-state index contributed by atoms with van der Waals surface area (Å²) in [5.41, 5.74) is 1.79. The van der Waals surface area contributed by atoms with Gasteiger partial charge in [-0.3, -0.25) is 5.10 Å². The van der Waals surface area contributed by atoms with Crippen molar-refractivity contribution in [3.63, 3.8) is 0 Å². The lowest BCUT2D eigenvalue weighted by Crippen LogP contribution is -2.50. The molecule has 1 fully saturated rings. The van der Waals surface area contributed by atoms with Crippen molar-refractivity contribution < 1.29 is 9.18 Å². The number of urea groups is 1. The number of carbonyl (C=O) groups excluding carboxylic acids is 1. The number of piperazine rings is 1. The number of amides is 2. The first-order chi connectivity index (χ1) is 13.6. The SMILES string of the molecule is O=C(Nc1ccc(F)c(-c2ncn[nH]2)c1)N1CCN(c2cccc(Cl)c2)CC1. The average molecular weight is 401 g/mol. The summed E-state index contributed by atoms with van der Waals surface area (Å²) in [7, 11) is 0. The third-order valence-electron chi connectivity index (χ3n) is 4.63. The molecular weight excluding hydrogens is 383 g/mol. The van der Waals surface area contributed by atoms with Gasteiger partial charge in [-0.25, -0.2) is 14.2 Å². The first kappa shape index (κ1) is 18.2. The van der Waals surface area contributed by atoms with E-state index in [1.54, 1.807) is 4.90 Å². The van der Waals surface area contributed by atoms with Crippen molar-refractivity contribution in [3.05, 3.63) is 59.6 Å². The van der Waals surface area contributed by atoms with Gasteiger partial charge in [0.25, 0.3) is 0 Å². The van der Waals surface area contributed by atoms with E-state index >= 15 is 0 Å². The second kappa shape index (κ2) is 7.85. The van der Waals surface area contributed by atoms with Gasteiger partial charge in [0.15, 0.2) is 5.82 Å². The third kappa shape index (κ3) is 3.91. The van der Waals surface area contributed by atoms with Crippen LogP contribution in [0.5, 0.6) is 0 Å². The molecule has 1 saturated heterocycles. The monoisotopic (exact) mass is 400 g/mol. The van der Waals surface area contributed by atoms with Crippen molar-refractivity contribution in [3.8, 4) is 11.4 Å². The molecule has 0 radical (unpaired) electrons. The van der Waals surface area contributed by atoms with E-state index in [1.165, 1.54) is 24.5 Å². The molecule has 4 rings (SSSR count). The van der Waals surface area contributed by atoms with Gasteiger partial charge in [-0.05, 0) is 36.4 Å². The minimum atomic E-state index is -0.440. The summed E-state index contributed by atoms with van der Waals surface area (Å²) in [6.07, 6.45) is 1.30. The Morgan fingerprint density at radius 3 is 2.68 bits per heavy atom. The standard InChI is InChI=1S/C19H18ClFN6O/c20-13-2-1-3-15(10-13)26-6-8-27(9-7-26)19(28)24-14-4-5-17(21)16(11-14)18-22-12-23-25-18/h1-5,10-12H,6-9H2,(H,24,28)(H,22,23,25). The van der Waals surface area contributed by atoms with Crippen molar-refractivity contribution in [1.29, 1.82) is 0 Å². The van der Waals surface area contributed by atoms with Gasteiger partial charge in [-0.1, -0.05) is 17.7 Å². The molecule has 1 aliphatic rings. The van der Waals surface area contributed by atoms with Gasteiger partial charge in [0, 0.05) is 42.6 Å². The number of H-pyrrole nitrogens is 1. The summed E-state index contributed by atoms with van der Waals surface area (Å²) < 4.78 is 14.0. The Morgan fingerprint density at radius 2 is 1.96 bits per heavy atom. The molecule has 2 aromatic carbocycles. The minimum absolute atomic E-state index is 0.221. The summed E-state index contributed by atoms with van der Waals surface area (Å²) in [6, 6.07) is 11.8. The average Bonchev–Trinajstić information content (AvgIpc) is 3.24. The van der Waals surface area contributed by atoms with E-state index in [0.29, 0.717) is 42.7 Å². The second-order valence-electron chi connectivity index (χ2n) is 6.41. The fourth-order valence-electron chi connectivity index (χ4n) is 3.16. The number of aromatic nitrogens is 3. The van der Waals surface area contributed by atoms with Crippen LogP contribution in [-0.4, -0.2) is 52.3 Å². The van der Waals surface area contributed by atoms with Gasteiger partial charge in [0.05, 0.1) is 5.56 Å². The molecule has 28 heavy (non-hydrogen) atoms. The highest BCUT2D eigenvalue weighted by Crippen LogP contribution is 2.24. The maximum absolute atomic E-state index is 14.0. The van der Waals surface area contributed by atoms with Gasteiger partial charge in [0.1, 0.15) is 12.1 Å². The fraction of sp³-hybridized carbons (Fsp3) is 0.211. The Kier molecular flexibility index (Phi) is 5.12. The van der Waals surface area contributed by atoms with Crippen LogP contribution in [0.4, 0.5) is 20.6 Å². The smallest absolute Gasteiger partial charge is 0.321 e. The van der Waals surface area contributed by atoms with Crippen molar-refractivity contribution in [2.75, 3.05) is 36.4 Å². The largest absolute Gasteiger partial charge is 0.368 e. The molecule has 2 amide bonds. The molecule has 9 heteroatoms. The normalized spacial score (nSPS) is 14.2. The number of nitrogens with one attached hydrogen (secondary N) is 2. The van der Waals surface area contributed by atoms with E-state index in [2.05, 4.69) is 25.4 Å². The first-order valence-electron chi connectivity index (χ1n) is 8.82. The lowest BCUT2D eigenvalue weighted by atomic mass is 10.1. The first-order valence-corrected chi connectivity index (χ1v) is 9.20. The van der Waals surface area contributed by atoms with Crippen LogP contribution in [0.25, 0.3) is 11.4 Å². The number of aromatic amines is 1. The van der Waals surface area contributed by atoms with E-state index in [1.807, 2.05) is 24.3 Å². The lowest BCUT2D eigenvalue weighted by molar-refractivity contribution is 0.208. The zero-order valence-electron chi connectivity index (χ0n) is 14.9. The molecule has 0 spiro atoms. The number of nitrogens with zero attached hydrogens (tertiary/aromatic N) is 4. The van der Waals surface area contributed by atoms with Gasteiger partial charge in [-0.2, -0.15) is 5.10 Å². The van der Waals surface area contributed by atoms with Crippen LogP contribution in [0.15, 0.2) is 48.8 Å². The molecule has 0 bridgehead atoms. The molecule has 0 unspecified atom stereocenters. The number of hydrogen-bond acceptors (Lipinski definition) is 4. The topological polar surface area (TPSA) is 77.1 Å². The van der Waals surface area contributed by atoms with Crippen molar-refractivity contribution >= 4 is 29.0 Å². The second-order valence-corrected chi connectivity index (χ2v) is 6.85. The Hall–Kier alpha value is -3.13. The van der Waals surface area contributed by atoms with E-state index in [0.717, 1.165) is 5.69 Å². The van der Waals surface area contributed by atoms with E-state index in [4.69, 9.17) is 11.6 Å². The fourth-order valence-corrected chi connectivity index (χ4v) is 3.35. The zero-order chi connectivity index (χ0) is 19.5. The number of halogens is 2. The Morgan fingerprint density at radius 1 is 1.14 bits per heavy atom. The maximum Gasteiger partial charge on any atom is 0.321 e. The number of anilines is 2. The lowest BCUT2D eigenvalue weighted by Gasteiger charge is -2.36. The highest BCUT2D eigenvalue weighted by molar-refractivity contribution is 6.30. The highest BCUT2D eigenvalue weighted by atomic mass is 35.5. The van der Waals surface area contributed by atoms with Crippen LogP contribution in [0.2, 0.25) is 5.02 Å². The van der Waals surface area contributed by atoms with Gasteiger partial charge < -0.3 is 15.1 Å². The molecule has 144 valence electrons. The van der Waals surface area contributed by atoms with Gasteiger partial charge in [0.2, 0.25) is 0 Å². The maximum atomic E-state index is 14.0. The summed E-state index contributed by atoms with van der Waals surface area (Å²) in [6.45, 7) is 2.57. The van der Waals surface area contributed by atoms with Crippen LogP contribution in [-0.2, 0) is 0 Å². The Balaban J connectivity index is 1.39. The molecule has 0 aliphatic carbocycles. The molecule has 2 N–H and O–H groups in total. The molecule has 2 heterocycles. The highest BCUT2D eigenvalue weighted by Gasteiger charge is 2.22. The molecule has 0 saturated carbocycles. The van der Waals surface area contributed by atoms with Crippen LogP contribution < -0.4 is 10.2 Å². The van der Waals surface area contributed by atoms with Crippen LogP contribution >= 0.6 is 11.6 Å². The molecule has 1 aromatic heterocycles. The quantitative estimate of drug-likeness (QED) is 0.704. The number of rotatable bonds is 3. The predicted molar refractivity (Wildman–Crippen MR) is 106 cm³/mol. The van der Waals surface area contributed by atoms with Crippen molar-refractivity contribution in [1.82, 2.24) is 20.1 Å². The van der Waals surface area contributed by atoms with Crippen LogP contribution in [0.1, 0.15) is 0 Å². The third-order valence-corrected chi connectivity index (χ3v) is 4.86. The van der Waals surface area contributed by atoms with Crippen LogP contribution in [0.3, 0.4) is 0 Å². The van der Waals surface area contributed by atoms with E-state index in [9.17, 15) is 9.18 Å². The Labute approximate surface area is 166 Å². The van der Waals surface area contributed by atoms with Gasteiger partial charge >= 0.3 is 6.03 Å². The number of carbonyl (C=O) groups is 1. The number of hydrogen-bond donors (Lipinski definition) is 2. The predicted octanol–water partition coefficient (Wildman–Crippen LogP) is 3.62. The zero-order valence-corrected chi connectivity index (χ0v) is 15.7. The van der Waals surface area contributed by atoms with Crippen LogP contribution in [0, 0.1) is 5.82 Å². The molecule has 3 aromatic rings. The summed E-state index contributed by atoms with van der Waals surface area (Å²) in [5, 5.41) is 9.87. The van der Waals surface area contributed by atoms with E-state index in [-0.39, 0.29) is 11.6 Å². The molecule has 7 nitrogen and oxygen atoms in total. The van der Waals surface area contributed by atoms with Gasteiger partial charge in [-0.15, -0.1) is 0 Å². The van der Waals surface area contributed by atoms with E-state index < -0.39 is 5.82 Å². The summed E-state index contributed by atoms with van der Waals surface area (Å²) in [5.74, 6) is -0.131. The number of benzene rings is 2. The molecule has 1 aliphatic heterocycles. The summed E-state index contributed by atoms with van der Waals surface area (Å²) in [4.78, 5) is 20.5. The molecular formula is C19H18ClFN6O. The summed E-state index contributed by atoms with van der Waals surface area (Å²) >= 11 is 6.06. The minimum Gasteiger partial charge on any atom is -0.368 e. The Bertz CT molecular complexity index is 972. The van der Waals surface area contributed by atoms with Crippen molar-refractivity contribution in [2.45, 2.75) is 0 Å².